The average molecular weight is 188 g/mol. The minimum Gasteiger partial charge on any atom is -0.0882 e. The summed E-state index contributed by atoms with van der Waals surface area (Å²) in [7, 11) is 0. The number of allylic oxidation sites excluding steroid dienone is 8. The van der Waals surface area contributed by atoms with Crippen LogP contribution in [0.25, 0.3) is 0 Å². The van der Waals surface area contributed by atoms with Crippen LogP contribution in [0.3, 0.4) is 0 Å². The van der Waals surface area contributed by atoms with E-state index in [4.69, 9.17) is 0 Å². The van der Waals surface area contributed by atoms with Gasteiger partial charge < -0.3 is 0 Å². The second-order valence-electron chi connectivity index (χ2n) is 3.53. The molecule has 14 heavy (non-hydrogen) atoms. The third-order valence-corrected chi connectivity index (χ3v) is 2.22. The van der Waals surface area contributed by atoms with Gasteiger partial charge in [-0.25, -0.2) is 0 Å². The minimum absolute atomic E-state index is 1.16. The zero-order chi connectivity index (χ0) is 9.90. The maximum atomic E-state index is 2.29. The molecule has 1 aliphatic carbocycles. The van der Waals surface area contributed by atoms with Crippen LogP contribution >= 0.6 is 0 Å². The maximum absolute atomic E-state index is 2.29. The first kappa shape index (κ1) is 11.0. The second kappa shape index (κ2) is 8.55. The van der Waals surface area contributed by atoms with Crippen LogP contribution in [0.5, 0.6) is 0 Å². The van der Waals surface area contributed by atoms with Crippen LogP contribution in [0.2, 0.25) is 0 Å². The summed E-state index contributed by atoms with van der Waals surface area (Å²) >= 11 is 0. The summed E-state index contributed by atoms with van der Waals surface area (Å²) in [5, 5.41) is 0. The van der Waals surface area contributed by atoms with Crippen molar-refractivity contribution in [3.8, 4) is 0 Å². The minimum atomic E-state index is 1.16. The molecule has 0 nitrogen and oxygen atoms in total. The van der Waals surface area contributed by atoms with Gasteiger partial charge in [-0.2, -0.15) is 0 Å². The predicted octanol–water partition coefficient (Wildman–Crippen LogP) is 4.57. The van der Waals surface area contributed by atoms with Gasteiger partial charge in [0.25, 0.3) is 0 Å². The molecule has 1 rings (SSSR count). The van der Waals surface area contributed by atoms with E-state index < -0.39 is 0 Å². The van der Waals surface area contributed by atoms with Gasteiger partial charge in [0.1, 0.15) is 0 Å². The Morgan fingerprint density at radius 1 is 0.357 bits per heavy atom. The molecule has 0 N–H and O–H groups in total. The third kappa shape index (κ3) is 6.47. The molecule has 0 aromatic heterocycles. The number of hydrogen-bond acceptors (Lipinski definition) is 0. The van der Waals surface area contributed by atoms with E-state index in [1.165, 1.54) is 25.7 Å². The SMILES string of the molecule is C1=C\CC/C=C/CC/C=C/CC/C=C/1. The Labute approximate surface area is 87.7 Å². The number of rotatable bonds is 0. The summed E-state index contributed by atoms with van der Waals surface area (Å²) in [4.78, 5) is 0. The van der Waals surface area contributed by atoms with Crippen molar-refractivity contribution in [2.75, 3.05) is 0 Å². The van der Waals surface area contributed by atoms with Crippen LogP contribution in [0.1, 0.15) is 38.5 Å². The first-order valence-electron chi connectivity index (χ1n) is 5.62. The summed E-state index contributed by atoms with van der Waals surface area (Å²) in [5.74, 6) is 0. The molecule has 0 heterocycles. The molecule has 0 aromatic rings. The largest absolute Gasteiger partial charge is 0.0882 e. The smallest absolute Gasteiger partial charge is 0.0313 e. The van der Waals surface area contributed by atoms with Gasteiger partial charge in [-0.05, 0) is 38.5 Å². The van der Waals surface area contributed by atoms with Crippen LogP contribution in [0.4, 0.5) is 0 Å². The van der Waals surface area contributed by atoms with Gasteiger partial charge in [-0.15, -0.1) is 0 Å². The van der Waals surface area contributed by atoms with Gasteiger partial charge in [0.2, 0.25) is 0 Å². The van der Waals surface area contributed by atoms with Crippen LogP contribution in [0, 0.1) is 0 Å². The lowest BCUT2D eigenvalue weighted by atomic mass is 10.2. The molecule has 0 heteroatoms. The molecular weight excluding hydrogens is 168 g/mol. The lowest BCUT2D eigenvalue weighted by molar-refractivity contribution is 0.983. The normalized spacial score (nSPS) is 28.6. The van der Waals surface area contributed by atoms with Gasteiger partial charge in [0.05, 0.1) is 0 Å². The molecule has 0 atom stereocenters. The van der Waals surface area contributed by atoms with E-state index in [0.717, 1.165) is 12.8 Å². The molecule has 0 radical (unpaired) electrons. The van der Waals surface area contributed by atoms with Crippen molar-refractivity contribution >= 4 is 0 Å². The Hall–Kier alpha value is -1.04. The van der Waals surface area contributed by atoms with E-state index in [2.05, 4.69) is 48.6 Å². The second-order valence-corrected chi connectivity index (χ2v) is 3.53. The van der Waals surface area contributed by atoms with Crippen molar-refractivity contribution in [2.45, 2.75) is 38.5 Å². The van der Waals surface area contributed by atoms with Gasteiger partial charge >= 0.3 is 0 Å². The fraction of sp³-hybridized carbons (Fsp3) is 0.429. The molecule has 76 valence electrons. The molecule has 0 spiro atoms. The standard InChI is InChI=1S/C14H20/c1-2-4-6-8-10-12-14-13-11-9-7-5-3-1/h1-4,9-12H,5-8,13-14H2/b3-1-,4-2+,11-9+,12-10+. The molecule has 0 aliphatic heterocycles. The van der Waals surface area contributed by atoms with Gasteiger partial charge in [-0.3, -0.25) is 0 Å². The average Bonchev–Trinajstić information content (AvgIpc) is 2.22. The molecular formula is C14H20. The third-order valence-electron chi connectivity index (χ3n) is 2.22. The molecule has 0 saturated carbocycles. The summed E-state index contributed by atoms with van der Waals surface area (Å²) in [5.41, 5.74) is 0. The first-order valence-corrected chi connectivity index (χ1v) is 5.62. The fourth-order valence-electron chi connectivity index (χ4n) is 1.40. The maximum Gasteiger partial charge on any atom is -0.0313 e. The van der Waals surface area contributed by atoms with E-state index in [0.29, 0.717) is 0 Å². The Morgan fingerprint density at radius 3 is 1.00 bits per heavy atom. The molecule has 0 bridgehead atoms. The molecule has 0 fully saturated rings. The van der Waals surface area contributed by atoms with E-state index >= 15 is 0 Å². The summed E-state index contributed by atoms with van der Waals surface area (Å²) in [6, 6.07) is 0. The highest BCUT2D eigenvalue weighted by Gasteiger charge is 1.80. The van der Waals surface area contributed by atoms with E-state index in [-0.39, 0.29) is 0 Å². The Balaban J connectivity index is 2.34. The summed E-state index contributed by atoms with van der Waals surface area (Å²) in [6.45, 7) is 0. The van der Waals surface area contributed by atoms with Crippen LogP contribution < -0.4 is 0 Å². The van der Waals surface area contributed by atoms with Crippen LogP contribution in [0.15, 0.2) is 48.6 Å². The number of hydrogen-bond donors (Lipinski definition) is 0. The van der Waals surface area contributed by atoms with Crippen molar-refractivity contribution in [3.63, 3.8) is 0 Å². The highest BCUT2D eigenvalue weighted by molar-refractivity contribution is 5.04. The van der Waals surface area contributed by atoms with Crippen molar-refractivity contribution in [2.24, 2.45) is 0 Å². The van der Waals surface area contributed by atoms with E-state index in [1.54, 1.807) is 0 Å². The highest BCUT2D eigenvalue weighted by Crippen LogP contribution is 2.01. The van der Waals surface area contributed by atoms with Crippen molar-refractivity contribution in [1.82, 2.24) is 0 Å². The zero-order valence-corrected chi connectivity index (χ0v) is 8.86. The summed E-state index contributed by atoms with van der Waals surface area (Å²) < 4.78 is 0. The fourth-order valence-corrected chi connectivity index (χ4v) is 1.40. The molecule has 0 aromatic carbocycles. The van der Waals surface area contributed by atoms with Crippen LogP contribution in [-0.2, 0) is 0 Å². The molecule has 0 saturated heterocycles. The lowest BCUT2D eigenvalue weighted by Crippen LogP contribution is -1.70. The Bertz CT molecular complexity index is 202. The van der Waals surface area contributed by atoms with E-state index in [1.807, 2.05) is 0 Å². The lowest BCUT2D eigenvalue weighted by Gasteiger charge is -1.90. The van der Waals surface area contributed by atoms with Gasteiger partial charge in [0.15, 0.2) is 0 Å². The molecule has 0 unspecified atom stereocenters. The zero-order valence-electron chi connectivity index (χ0n) is 8.86. The Kier molecular flexibility index (Phi) is 6.74. The Morgan fingerprint density at radius 2 is 0.643 bits per heavy atom. The van der Waals surface area contributed by atoms with E-state index in [9.17, 15) is 0 Å². The predicted molar refractivity (Wildman–Crippen MR) is 64.3 cm³/mol. The van der Waals surface area contributed by atoms with Crippen molar-refractivity contribution in [1.29, 1.82) is 0 Å². The van der Waals surface area contributed by atoms with Gasteiger partial charge in [0, 0.05) is 0 Å². The quantitative estimate of drug-likeness (QED) is 0.489. The van der Waals surface area contributed by atoms with Gasteiger partial charge in [-0.1, -0.05) is 48.6 Å². The van der Waals surface area contributed by atoms with Crippen molar-refractivity contribution < 1.29 is 0 Å². The monoisotopic (exact) mass is 188 g/mol. The summed E-state index contributed by atoms with van der Waals surface area (Å²) in [6.07, 6.45) is 25.0. The molecule has 0 amide bonds. The van der Waals surface area contributed by atoms with Crippen LogP contribution in [-0.4, -0.2) is 0 Å². The highest BCUT2D eigenvalue weighted by atomic mass is 13.9. The molecule has 1 aliphatic rings. The topological polar surface area (TPSA) is 0 Å². The first-order chi connectivity index (χ1) is 7.00. The van der Waals surface area contributed by atoms with Crippen molar-refractivity contribution in [3.05, 3.63) is 48.6 Å².